The Labute approximate surface area is 114 Å². The Morgan fingerprint density at radius 2 is 2.16 bits per heavy atom. The van der Waals surface area contributed by atoms with Crippen molar-refractivity contribution in [2.45, 2.75) is 25.9 Å². The molecule has 0 aromatic heterocycles. The number of rotatable bonds is 8. The number of nitrogens with one attached hydrogen (secondary N) is 1. The molecule has 0 spiro atoms. The third-order valence-electron chi connectivity index (χ3n) is 2.60. The molecule has 1 rings (SSSR count). The van der Waals surface area contributed by atoms with Gasteiger partial charge in [-0.25, -0.2) is 0 Å². The van der Waals surface area contributed by atoms with Gasteiger partial charge in [-0.1, -0.05) is 26.0 Å². The van der Waals surface area contributed by atoms with Crippen LogP contribution in [0.1, 0.15) is 30.1 Å². The Morgan fingerprint density at radius 3 is 2.74 bits per heavy atom. The van der Waals surface area contributed by atoms with E-state index in [4.69, 9.17) is 4.74 Å². The van der Waals surface area contributed by atoms with Gasteiger partial charge in [0.15, 0.2) is 0 Å². The summed E-state index contributed by atoms with van der Waals surface area (Å²) in [5.41, 5.74) is 0.551. The molecule has 4 heteroatoms. The fraction of sp³-hybridized carbons (Fsp3) is 0.400. The van der Waals surface area contributed by atoms with E-state index in [1.54, 1.807) is 30.3 Å². The highest BCUT2D eigenvalue weighted by molar-refractivity contribution is 5.94. The van der Waals surface area contributed by atoms with Crippen LogP contribution in [0.3, 0.4) is 0 Å². The molecule has 0 fully saturated rings. The molecule has 0 radical (unpaired) electrons. The molecule has 2 N–H and O–H groups in total. The van der Waals surface area contributed by atoms with Crippen LogP contribution in [0, 0.1) is 0 Å². The number of amides is 1. The third-order valence-corrected chi connectivity index (χ3v) is 2.60. The zero-order chi connectivity index (χ0) is 14.1. The minimum absolute atomic E-state index is 0.189. The molecule has 0 bridgehead atoms. The first-order valence-corrected chi connectivity index (χ1v) is 6.47. The van der Waals surface area contributed by atoms with Gasteiger partial charge in [-0.2, -0.15) is 0 Å². The molecule has 1 aromatic carbocycles. The van der Waals surface area contributed by atoms with E-state index in [0.29, 0.717) is 24.3 Å². The van der Waals surface area contributed by atoms with Gasteiger partial charge in [0.1, 0.15) is 12.4 Å². The number of carbonyl (C=O) groups is 1. The summed E-state index contributed by atoms with van der Waals surface area (Å²) >= 11 is 0. The van der Waals surface area contributed by atoms with Crippen LogP contribution >= 0.6 is 0 Å². The summed E-state index contributed by atoms with van der Waals surface area (Å²) in [4.78, 5) is 11.8. The largest absolute Gasteiger partial charge is 0.490 e. The molecule has 104 valence electrons. The second-order valence-electron chi connectivity index (χ2n) is 4.28. The SMILES string of the molecule is C=CCOc1ccc(C(=O)NCC(O)CCC)cc1. The summed E-state index contributed by atoms with van der Waals surface area (Å²) in [5, 5.41) is 12.2. The van der Waals surface area contributed by atoms with Crippen molar-refractivity contribution < 1.29 is 14.6 Å². The monoisotopic (exact) mass is 263 g/mol. The van der Waals surface area contributed by atoms with Gasteiger partial charge in [0, 0.05) is 12.1 Å². The lowest BCUT2D eigenvalue weighted by molar-refractivity contribution is 0.0910. The zero-order valence-corrected chi connectivity index (χ0v) is 11.3. The normalized spacial score (nSPS) is 11.7. The van der Waals surface area contributed by atoms with E-state index >= 15 is 0 Å². The molecule has 1 unspecified atom stereocenters. The average molecular weight is 263 g/mol. The molecule has 0 aliphatic carbocycles. The summed E-state index contributed by atoms with van der Waals surface area (Å²) in [5.74, 6) is 0.507. The number of carbonyl (C=O) groups excluding carboxylic acids is 1. The molecule has 0 aliphatic rings. The molecule has 0 heterocycles. The third kappa shape index (κ3) is 5.57. The van der Waals surface area contributed by atoms with E-state index in [1.165, 1.54) is 0 Å². The maximum Gasteiger partial charge on any atom is 0.251 e. The molecule has 1 amide bonds. The predicted molar refractivity (Wildman–Crippen MR) is 75.4 cm³/mol. The van der Waals surface area contributed by atoms with Gasteiger partial charge in [-0.15, -0.1) is 0 Å². The molecule has 1 aromatic rings. The Balaban J connectivity index is 2.46. The van der Waals surface area contributed by atoms with Crippen LogP contribution in [0.15, 0.2) is 36.9 Å². The topological polar surface area (TPSA) is 58.6 Å². The summed E-state index contributed by atoms with van der Waals surface area (Å²) in [6.07, 6.45) is 2.76. The van der Waals surface area contributed by atoms with Crippen LogP contribution in [0.5, 0.6) is 5.75 Å². The lowest BCUT2D eigenvalue weighted by Crippen LogP contribution is -2.31. The Hall–Kier alpha value is -1.81. The fourth-order valence-electron chi connectivity index (χ4n) is 1.61. The first-order chi connectivity index (χ1) is 9.17. The molecule has 19 heavy (non-hydrogen) atoms. The van der Waals surface area contributed by atoms with Gasteiger partial charge in [0.05, 0.1) is 6.10 Å². The van der Waals surface area contributed by atoms with E-state index in [2.05, 4.69) is 11.9 Å². The smallest absolute Gasteiger partial charge is 0.251 e. The van der Waals surface area contributed by atoms with Crippen molar-refractivity contribution >= 4 is 5.91 Å². The lowest BCUT2D eigenvalue weighted by atomic mass is 10.2. The van der Waals surface area contributed by atoms with Crippen LogP contribution in [-0.4, -0.2) is 30.3 Å². The lowest BCUT2D eigenvalue weighted by Gasteiger charge is -2.11. The second-order valence-corrected chi connectivity index (χ2v) is 4.28. The molecular formula is C15H21NO3. The van der Waals surface area contributed by atoms with Crippen molar-refractivity contribution in [1.29, 1.82) is 0 Å². The van der Waals surface area contributed by atoms with Gasteiger partial charge in [0.25, 0.3) is 5.91 Å². The van der Waals surface area contributed by atoms with Crippen LogP contribution in [0.25, 0.3) is 0 Å². The van der Waals surface area contributed by atoms with Crippen LogP contribution in [0.4, 0.5) is 0 Å². The van der Waals surface area contributed by atoms with Crippen molar-refractivity contribution in [3.05, 3.63) is 42.5 Å². The van der Waals surface area contributed by atoms with Crippen molar-refractivity contribution in [1.82, 2.24) is 5.32 Å². The summed E-state index contributed by atoms with van der Waals surface area (Å²) in [6, 6.07) is 6.86. The number of aliphatic hydroxyl groups is 1. The molecule has 0 saturated carbocycles. The van der Waals surface area contributed by atoms with Gasteiger partial charge >= 0.3 is 0 Å². The number of aliphatic hydroxyl groups excluding tert-OH is 1. The molecule has 0 aliphatic heterocycles. The van der Waals surface area contributed by atoms with Crippen molar-refractivity contribution in [3.63, 3.8) is 0 Å². The van der Waals surface area contributed by atoms with Gasteiger partial charge in [-0.05, 0) is 30.7 Å². The van der Waals surface area contributed by atoms with Crippen molar-refractivity contribution in [2.24, 2.45) is 0 Å². The Kier molecular flexibility index (Phi) is 6.68. The number of hydrogen-bond donors (Lipinski definition) is 2. The minimum atomic E-state index is -0.482. The first kappa shape index (κ1) is 15.2. The van der Waals surface area contributed by atoms with Gasteiger partial charge in [0.2, 0.25) is 0 Å². The Morgan fingerprint density at radius 1 is 1.47 bits per heavy atom. The number of hydrogen-bond acceptors (Lipinski definition) is 3. The van der Waals surface area contributed by atoms with E-state index < -0.39 is 6.10 Å². The first-order valence-electron chi connectivity index (χ1n) is 6.47. The molecule has 0 saturated heterocycles. The van der Waals surface area contributed by atoms with E-state index in [-0.39, 0.29) is 12.5 Å². The van der Waals surface area contributed by atoms with Crippen LogP contribution in [-0.2, 0) is 0 Å². The average Bonchev–Trinajstić information content (AvgIpc) is 2.43. The fourth-order valence-corrected chi connectivity index (χ4v) is 1.61. The van der Waals surface area contributed by atoms with E-state index in [9.17, 15) is 9.90 Å². The maximum absolute atomic E-state index is 11.8. The summed E-state index contributed by atoms with van der Waals surface area (Å²) in [6.45, 7) is 6.28. The number of benzene rings is 1. The molecule has 4 nitrogen and oxygen atoms in total. The molecule has 1 atom stereocenters. The van der Waals surface area contributed by atoms with Crippen LogP contribution < -0.4 is 10.1 Å². The Bertz CT molecular complexity index is 400. The second kappa shape index (κ2) is 8.32. The highest BCUT2D eigenvalue weighted by Gasteiger charge is 2.08. The summed E-state index contributed by atoms with van der Waals surface area (Å²) in [7, 11) is 0. The van der Waals surface area contributed by atoms with Crippen molar-refractivity contribution in [3.8, 4) is 5.75 Å². The highest BCUT2D eigenvalue weighted by Crippen LogP contribution is 2.12. The molecular weight excluding hydrogens is 242 g/mol. The highest BCUT2D eigenvalue weighted by atomic mass is 16.5. The van der Waals surface area contributed by atoms with E-state index in [1.807, 2.05) is 6.92 Å². The quantitative estimate of drug-likeness (QED) is 0.706. The minimum Gasteiger partial charge on any atom is -0.490 e. The van der Waals surface area contributed by atoms with Crippen molar-refractivity contribution in [2.75, 3.05) is 13.2 Å². The maximum atomic E-state index is 11.8. The van der Waals surface area contributed by atoms with Crippen LogP contribution in [0.2, 0.25) is 0 Å². The standard InChI is InChI=1S/C15H21NO3/c1-3-5-13(17)11-16-15(18)12-6-8-14(9-7-12)19-10-4-2/h4,6-9,13,17H,2-3,5,10-11H2,1H3,(H,16,18). The number of ether oxygens (including phenoxy) is 1. The predicted octanol–water partition coefficient (Wildman–Crippen LogP) is 2.14. The zero-order valence-electron chi connectivity index (χ0n) is 11.3. The summed E-state index contributed by atoms with van der Waals surface area (Å²) < 4.78 is 5.33. The van der Waals surface area contributed by atoms with Gasteiger partial charge < -0.3 is 15.2 Å². The van der Waals surface area contributed by atoms with E-state index in [0.717, 1.165) is 6.42 Å². The van der Waals surface area contributed by atoms with Gasteiger partial charge in [-0.3, -0.25) is 4.79 Å².